The number of carbonyl (C=O) groups excluding carboxylic acids is 1. The minimum absolute atomic E-state index is 0.306. The summed E-state index contributed by atoms with van der Waals surface area (Å²) < 4.78 is 33.4. The minimum Gasteiger partial charge on any atom is -0.508 e. The molecule has 2 aromatic carbocycles. The summed E-state index contributed by atoms with van der Waals surface area (Å²) in [4.78, 5) is 11.6. The molecule has 24 heavy (non-hydrogen) atoms. The van der Waals surface area contributed by atoms with Crippen molar-refractivity contribution in [2.75, 3.05) is 0 Å². The molecule has 1 N–H and O–H groups in total. The molecule has 6 heteroatoms. The summed E-state index contributed by atoms with van der Waals surface area (Å²) in [6, 6.07) is 17.0. The monoisotopic (exact) mass is 338 g/mol. The number of phenols is 1. The van der Waals surface area contributed by atoms with Crippen LogP contribution in [0.2, 0.25) is 0 Å². The fraction of sp³-hybridized carbons (Fsp3) is 0.278. The minimum atomic E-state index is -2.99. The van der Waals surface area contributed by atoms with Gasteiger partial charge < -0.3 is 14.6 Å². The number of carbonyl (C=O) groups is 1. The van der Waals surface area contributed by atoms with Gasteiger partial charge in [-0.25, -0.2) is 4.79 Å². The molecule has 0 fully saturated rings. The molecular formula is C18H20F2O4. The normalized spacial score (nSPS) is 11.6. The van der Waals surface area contributed by atoms with Crippen molar-refractivity contribution in [1.29, 1.82) is 0 Å². The third kappa shape index (κ3) is 7.69. The Labute approximate surface area is 139 Å². The van der Waals surface area contributed by atoms with E-state index in [1.54, 1.807) is 68.4 Å². The zero-order valence-corrected chi connectivity index (χ0v) is 13.4. The SMILES string of the molecule is CC(C)C(OC(F)F)C(=O)Oc1ccccc1.Oc1ccccc1. The second kappa shape index (κ2) is 10.3. The molecule has 2 rings (SSSR count). The number of aromatic hydroxyl groups is 1. The van der Waals surface area contributed by atoms with Crippen molar-refractivity contribution < 1.29 is 28.2 Å². The van der Waals surface area contributed by atoms with Crippen molar-refractivity contribution in [2.24, 2.45) is 5.92 Å². The third-order valence-electron chi connectivity index (χ3n) is 2.81. The molecule has 130 valence electrons. The van der Waals surface area contributed by atoms with Gasteiger partial charge in [0.05, 0.1) is 0 Å². The van der Waals surface area contributed by atoms with E-state index in [1.807, 2.05) is 6.07 Å². The van der Waals surface area contributed by atoms with Crippen molar-refractivity contribution in [3.63, 3.8) is 0 Å². The van der Waals surface area contributed by atoms with Crippen LogP contribution in [0, 0.1) is 5.92 Å². The Morgan fingerprint density at radius 2 is 1.46 bits per heavy atom. The maximum absolute atomic E-state index is 12.1. The number of esters is 1. The van der Waals surface area contributed by atoms with E-state index in [-0.39, 0.29) is 5.92 Å². The Balaban J connectivity index is 0.000000341. The maximum atomic E-state index is 12.1. The Morgan fingerprint density at radius 1 is 0.958 bits per heavy atom. The lowest BCUT2D eigenvalue weighted by Gasteiger charge is -2.19. The topological polar surface area (TPSA) is 55.8 Å². The molecule has 0 spiro atoms. The molecule has 0 aliphatic rings. The van der Waals surface area contributed by atoms with Crippen LogP contribution < -0.4 is 4.74 Å². The van der Waals surface area contributed by atoms with Gasteiger partial charge in [0.2, 0.25) is 0 Å². The maximum Gasteiger partial charge on any atom is 0.346 e. The van der Waals surface area contributed by atoms with Crippen molar-refractivity contribution >= 4 is 5.97 Å². The molecule has 0 bridgehead atoms. The highest BCUT2D eigenvalue weighted by Crippen LogP contribution is 2.16. The first-order valence-corrected chi connectivity index (χ1v) is 7.34. The number of ether oxygens (including phenoxy) is 2. The Kier molecular flexibility index (Phi) is 8.43. The fourth-order valence-electron chi connectivity index (χ4n) is 1.69. The van der Waals surface area contributed by atoms with Crippen LogP contribution in [0.1, 0.15) is 13.8 Å². The molecule has 0 saturated carbocycles. The highest BCUT2D eigenvalue weighted by molar-refractivity contribution is 5.77. The van der Waals surface area contributed by atoms with Gasteiger partial charge in [-0.2, -0.15) is 8.78 Å². The molecule has 0 aliphatic carbocycles. The van der Waals surface area contributed by atoms with Crippen LogP contribution in [0.4, 0.5) is 8.78 Å². The van der Waals surface area contributed by atoms with Crippen molar-refractivity contribution in [2.45, 2.75) is 26.6 Å². The summed E-state index contributed by atoms with van der Waals surface area (Å²) in [5, 5.41) is 8.63. The molecule has 0 heterocycles. The number of hydrogen-bond donors (Lipinski definition) is 1. The lowest BCUT2D eigenvalue weighted by Crippen LogP contribution is -2.34. The summed E-state index contributed by atoms with van der Waals surface area (Å²) in [5.74, 6) is -0.574. The number of halogens is 2. The average molecular weight is 338 g/mol. The van der Waals surface area contributed by atoms with Crippen LogP contribution in [0.25, 0.3) is 0 Å². The van der Waals surface area contributed by atoms with E-state index in [0.29, 0.717) is 11.5 Å². The van der Waals surface area contributed by atoms with Gasteiger partial charge in [-0.1, -0.05) is 50.2 Å². The molecule has 2 aromatic rings. The molecule has 0 radical (unpaired) electrons. The number of rotatable bonds is 5. The average Bonchev–Trinajstić information content (AvgIpc) is 2.54. The first kappa shape index (κ1) is 19.6. The second-order valence-corrected chi connectivity index (χ2v) is 5.13. The lowest BCUT2D eigenvalue weighted by atomic mass is 10.1. The summed E-state index contributed by atoms with van der Waals surface area (Å²) in [6.07, 6.45) is -1.27. The third-order valence-corrected chi connectivity index (χ3v) is 2.81. The number of alkyl halides is 2. The first-order chi connectivity index (χ1) is 11.4. The standard InChI is InChI=1S/C12H14F2O3.C6H6O/c1-8(2)10(17-12(13)14)11(15)16-9-6-4-3-5-7-9;7-6-4-2-1-3-5-6/h3-8,10,12H,1-2H3;1-5,7H. The predicted octanol–water partition coefficient (Wildman–Crippen LogP) is 4.25. The Hall–Kier alpha value is -2.47. The summed E-state index contributed by atoms with van der Waals surface area (Å²) in [7, 11) is 0. The highest BCUT2D eigenvalue weighted by atomic mass is 19.3. The Bertz CT molecular complexity index is 588. The molecule has 1 atom stereocenters. The highest BCUT2D eigenvalue weighted by Gasteiger charge is 2.28. The smallest absolute Gasteiger partial charge is 0.346 e. The van der Waals surface area contributed by atoms with Gasteiger partial charge in [0.25, 0.3) is 0 Å². The van der Waals surface area contributed by atoms with Crippen LogP contribution >= 0.6 is 0 Å². The van der Waals surface area contributed by atoms with E-state index in [0.717, 1.165) is 0 Å². The van der Waals surface area contributed by atoms with E-state index in [4.69, 9.17) is 9.84 Å². The van der Waals surface area contributed by atoms with Gasteiger partial charge in [-0.3, -0.25) is 0 Å². The molecule has 0 aliphatic heterocycles. The number of benzene rings is 2. The van der Waals surface area contributed by atoms with Crippen molar-refractivity contribution in [3.05, 3.63) is 60.7 Å². The van der Waals surface area contributed by atoms with Crippen LogP contribution in [0.3, 0.4) is 0 Å². The van der Waals surface area contributed by atoms with Gasteiger partial charge in [0.1, 0.15) is 11.5 Å². The first-order valence-electron chi connectivity index (χ1n) is 7.34. The van der Waals surface area contributed by atoms with E-state index in [2.05, 4.69) is 4.74 Å². The van der Waals surface area contributed by atoms with Crippen molar-refractivity contribution in [3.8, 4) is 11.5 Å². The van der Waals surface area contributed by atoms with Gasteiger partial charge in [-0.15, -0.1) is 0 Å². The largest absolute Gasteiger partial charge is 0.508 e. The zero-order valence-electron chi connectivity index (χ0n) is 13.4. The van der Waals surface area contributed by atoms with E-state index < -0.39 is 18.7 Å². The molecule has 0 saturated heterocycles. The molecule has 0 aromatic heterocycles. The number of phenolic OH excluding ortho intramolecular Hbond substituents is 1. The summed E-state index contributed by atoms with van der Waals surface area (Å²) >= 11 is 0. The quantitative estimate of drug-likeness (QED) is 0.654. The number of para-hydroxylation sites is 2. The van der Waals surface area contributed by atoms with E-state index in [1.165, 1.54) is 0 Å². The van der Waals surface area contributed by atoms with Crippen LogP contribution in [-0.2, 0) is 9.53 Å². The molecule has 0 amide bonds. The number of hydrogen-bond acceptors (Lipinski definition) is 4. The predicted molar refractivity (Wildman–Crippen MR) is 85.9 cm³/mol. The lowest BCUT2D eigenvalue weighted by molar-refractivity contribution is -0.192. The van der Waals surface area contributed by atoms with Gasteiger partial charge in [0.15, 0.2) is 6.10 Å². The Morgan fingerprint density at radius 3 is 1.83 bits per heavy atom. The van der Waals surface area contributed by atoms with Gasteiger partial charge in [0, 0.05) is 0 Å². The van der Waals surface area contributed by atoms with Crippen molar-refractivity contribution in [1.82, 2.24) is 0 Å². The van der Waals surface area contributed by atoms with Crippen LogP contribution in [-0.4, -0.2) is 23.8 Å². The van der Waals surface area contributed by atoms with E-state index in [9.17, 15) is 13.6 Å². The van der Waals surface area contributed by atoms with Gasteiger partial charge in [-0.05, 0) is 30.2 Å². The van der Waals surface area contributed by atoms with E-state index >= 15 is 0 Å². The fourth-order valence-corrected chi connectivity index (χ4v) is 1.69. The zero-order chi connectivity index (χ0) is 17.9. The summed E-state index contributed by atoms with van der Waals surface area (Å²) in [5.41, 5.74) is 0. The second-order valence-electron chi connectivity index (χ2n) is 5.13. The van der Waals surface area contributed by atoms with Gasteiger partial charge >= 0.3 is 12.6 Å². The molecular weight excluding hydrogens is 318 g/mol. The van der Waals surface area contributed by atoms with Crippen LogP contribution in [0.5, 0.6) is 11.5 Å². The van der Waals surface area contributed by atoms with Crippen LogP contribution in [0.15, 0.2) is 60.7 Å². The molecule has 4 nitrogen and oxygen atoms in total. The molecule has 1 unspecified atom stereocenters. The summed E-state index contributed by atoms with van der Waals surface area (Å²) in [6.45, 7) is 0.226.